The first kappa shape index (κ1) is 17.7. The average Bonchev–Trinajstić information content (AvgIpc) is 3.01. The summed E-state index contributed by atoms with van der Waals surface area (Å²) in [6.07, 6.45) is 4.51. The van der Waals surface area contributed by atoms with Crippen molar-refractivity contribution in [1.29, 1.82) is 0 Å². The van der Waals surface area contributed by atoms with E-state index in [1.54, 1.807) is 6.08 Å². The van der Waals surface area contributed by atoms with Crippen molar-refractivity contribution in [3.8, 4) is 0 Å². The van der Waals surface area contributed by atoms with Gasteiger partial charge in [0.25, 0.3) is 11.1 Å². The minimum atomic E-state index is -0.397. The molecular formula is C19H20BN3O3. The lowest BCUT2D eigenvalue weighted by Gasteiger charge is -2.14. The van der Waals surface area contributed by atoms with Gasteiger partial charge in [-0.15, -0.1) is 0 Å². The number of hydrogen-bond donors (Lipinski definition) is 2. The molecule has 0 saturated carbocycles. The van der Waals surface area contributed by atoms with Gasteiger partial charge in [-0.1, -0.05) is 50.5 Å². The summed E-state index contributed by atoms with van der Waals surface area (Å²) in [5.74, 6) is 0.646. The summed E-state index contributed by atoms with van der Waals surface area (Å²) in [5.41, 5.74) is 1.39. The Morgan fingerprint density at radius 2 is 1.73 bits per heavy atom. The summed E-state index contributed by atoms with van der Waals surface area (Å²) in [6, 6.07) is 7.67. The zero-order valence-corrected chi connectivity index (χ0v) is 15.2. The Morgan fingerprint density at radius 1 is 1.08 bits per heavy atom. The maximum absolute atomic E-state index is 12.4. The van der Waals surface area contributed by atoms with Crippen LogP contribution in [0.25, 0.3) is 12.2 Å². The summed E-state index contributed by atoms with van der Waals surface area (Å²) in [7, 11) is 1.97. The van der Waals surface area contributed by atoms with E-state index in [0.29, 0.717) is 11.5 Å². The van der Waals surface area contributed by atoms with Gasteiger partial charge < -0.3 is 14.4 Å². The van der Waals surface area contributed by atoms with E-state index in [9.17, 15) is 9.59 Å². The highest BCUT2D eigenvalue weighted by molar-refractivity contribution is 6.32. The minimum absolute atomic E-state index is 0.135. The van der Waals surface area contributed by atoms with Gasteiger partial charge in [0.1, 0.15) is 30.0 Å². The number of aromatic nitrogens is 3. The zero-order valence-electron chi connectivity index (χ0n) is 15.2. The molecule has 0 bridgehead atoms. The van der Waals surface area contributed by atoms with Gasteiger partial charge in [0.05, 0.1) is 0 Å². The van der Waals surface area contributed by atoms with Crippen molar-refractivity contribution < 1.29 is 4.42 Å². The number of aromatic amines is 2. The highest BCUT2D eigenvalue weighted by atomic mass is 16.3. The van der Waals surface area contributed by atoms with Gasteiger partial charge in [0, 0.05) is 5.41 Å². The van der Waals surface area contributed by atoms with Crippen LogP contribution in [0.15, 0.2) is 44.7 Å². The number of nitrogens with one attached hydrogen (secondary N) is 2. The molecule has 0 amide bonds. The van der Waals surface area contributed by atoms with Gasteiger partial charge in [-0.25, -0.2) is 4.98 Å². The molecule has 1 aromatic carbocycles. The number of oxazole rings is 1. The number of rotatable bonds is 2. The first-order chi connectivity index (χ1) is 12.2. The van der Waals surface area contributed by atoms with Crippen LogP contribution in [0.5, 0.6) is 0 Å². The lowest BCUT2D eigenvalue weighted by Crippen LogP contribution is -2.46. The van der Waals surface area contributed by atoms with E-state index in [1.165, 1.54) is 12.5 Å². The second-order valence-electron chi connectivity index (χ2n) is 7.26. The van der Waals surface area contributed by atoms with Crippen LogP contribution in [0.1, 0.15) is 37.8 Å². The van der Waals surface area contributed by atoms with Gasteiger partial charge in [-0.3, -0.25) is 9.59 Å². The molecular weight excluding hydrogens is 329 g/mol. The van der Waals surface area contributed by atoms with Crippen molar-refractivity contribution in [3.63, 3.8) is 0 Å². The van der Waals surface area contributed by atoms with Crippen molar-refractivity contribution in [2.45, 2.75) is 26.2 Å². The lowest BCUT2D eigenvalue weighted by molar-refractivity contribution is 0.407. The molecule has 3 rings (SSSR count). The molecule has 3 aromatic rings. The normalized spacial score (nSPS) is 13.3. The van der Waals surface area contributed by atoms with Gasteiger partial charge in [0.15, 0.2) is 6.39 Å². The van der Waals surface area contributed by atoms with Gasteiger partial charge >= 0.3 is 0 Å². The Bertz CT molecular complexity index is 1180. The standard InChI is InChI=1S/C19H20BN3O3/c1-19(2,3)16-13(21-10-26-16)9-15-18(25)22-14(17(24)23-15)8-11-5-4-6-12(20)7-11/h4-10H,20H2,1-3H3,(H,22,25)(H,23,24)/b14-8-,15-9-. The number of nitrogens with zero attached hydrogens (tertiary/aromatic N) is 1. The molecule has 0 fully saturated rings. The van der Waals surface area contributed by atoms with Crippen LogP contribution < -0.4 is 27.3 Å². The molecule has 0 spiro atoms. The molecule has 0 aliphatic rings. The van der Waals surface area contributed by atoms with Crippen molar-refractivity contribution in [2.24, 2.45) is 0 Å². The van der Waals surface area contributed by atoms with E-state index in [0.717, 1.165) is 11.0 Å². The van der Waals surface area contributed by atoms with Crippen LogP contribution in [0, 0.1) is 0 Å². The minimum Gasteiger partial charge on any atom is -0.447 e. The maximum atomic E-state index is 12.4. The Balaban J connectivity index is 2.14. The van der Waals surface area contributed by atoms with Crippen molar-refractivity contribution in [3.05, 3.63) is 79.1 Å². The highest BCUT2D eigenvalue weighted by Gasteiger charge is 2.21. The smallest absolute Gasteiger partial charge is 0.272 e. The van der Waals surface area contributed by atoms with Crippen LogP contribution in [-0.2, 0) is 5.41 Å². The lowest BCUT2D eigenvalue weighted by atomic mass is 9.92. The average molecular weight is 349 g/mol. The van der Waals surface area contributed by atoms with Crippen LogP contribution >= 0.6 is 0 Å². The monoisotopic (exact) mass is 349 g/mol. The Hall–Kier alpha value is -3.09. The Kier molecular flexibility index (Phi) is 4.55. The number of benzene rings is 1. The fourth-order valence-electron chi connectivity index (χ4n) is 2.68. The van der Waals surface area contributed by atoms with Crippen LogP contribution in [0.2, 0.25) is 0 Å². The molecule has 0 atom stereocenters. The highest BCUT2D eigenvalue weighted by Crippen LogP contribution is 2.25. The second kappa shape index (κ2) is 6.67. The van der Waals surface area contributed by atoms with Gasteiger partial charge in [0.2, 0.25) is 0 Å². The third kappa shape index (κ3) is 3.77. The number of hydrogen-bond acceptors (Lipinski definition) is 4. The summed E-state index contributed by atoms with van der Waals surface area (Å²) < 4.78 is 5.43. The van der Waals surface area contributed by atoms with Gasteiger partial charge in [-0.05, 0) is 17.7 Å². The first-order valence-electron chi connectivity index (χ1n) is 8.31. The molecule has 132 valence electrons. The van der Waals surface area contributed by atoms with Gasteiger partial charge in [-0.2, -0.15) is 0 Å². The van der Waals surface area contributed by atoms with Crippen LogP contribution in [0.3, 0.4) is 0 Å². The summed E-state index contributed by atoms with van der Waals surface area (Å²) in [6.45, 7) is 5.95. The zero-order chi connectivity index (χ0) is 18.9. The summed E-state index contributed by atoms with van der Waals surface area (Å²) >= 11 is 0. The Labute approximate surface area is 150 Å². The molecule has 26 heavy (non-hydrogen) atoms. The van der Waals surface area contributed by atoms with E-state index in [4.69, 9.17) is 4.42 Å². The predicted molar refractivity (Wildman–Crippen MR) is 104 cm³/mol. The van der Waals surface area contributed by atoms with Crippen LogP contribution in [-0.4, -0.2) is 22.8 Å². The number of H-pyrrole nitrogens is 2. The molecule has 0 aliphatic carbocycles. The van der Waals surface area contributed by atoms with E-state index >= 15 is 0 Å². The topological polar surface area (TPSA) is 91.8 Å². The van der Waals surface area contributed by atoms with E-state index in [1.807, 2.05) is 52.9 Å². The van der Waals surface area contributed by atoms with Crippen molar-refractivity contribution in [1.82, 2.24) is 15.0 Å². The van der Waals surface area contributed by atoms with E-state index < -0.39 is 5.56 Å². The molecule has 2 N–H and O–H groups in total. The summed E-state index contributed by atoms with van der Waals surface area (Å²) in [5, 5.41) is 0.338. The molecule has 0 radical (unpaired) electrons. The van der Waals surface area contributed by atoms with E-state index in [2.05, 4.69) is 15.0 Å². The van der Waals surface area contributed by atoms with Crippen molar-refractivity contribution in [2.75, 3.05) is 0 Å². The van der Waals surface area contributed by atoms with Crippen molar-refractivity contribution >= 4 is 25.5 Å². The summed E-state index contributed by atoms with van der Waals surface area (Å²) in [4.78, 5) is 34.2. The molecule has 6 nitrogen and oxygen atoms in total. The second-order valence-corrected chi connectivity index (χ2v) is 7.26. The molecule has 0 unspecified atom stereocenters. The van der Waals surface area contributed by atoms with Crippen LogP contribution in [0.4, 0.5) is 0 Å². The predicted octanol–water partition coefficient (Wildman–Crippen LogP) is -0.735. The third-order valence-corrected chi connectivity index (χ3v) is 3.90. The van der Waals surface area contributed by atoms with E-state index in [-0.39, 0.29) is 21.7 Å². The fraction of sp³-hybridized carbons (Fsp3) is 0.211. The largest absolute Gasteiger partial charge is 0.447 e. The molecule has 7 heteroatoms. The first-order valence-corrected chi connectivity index (χ1v) is 8.31. The molecule has 2 heterocycles. The third-order valence-electron chi connectivity index (χ3n) is 3.90. The molecule has 2 aromatic heterocycles. The molecule has 0 saturated heterocycles. The Morgan fingerprint density at radius 3 is 2.35 bits per heavy atom. The molecule has 0 aliphatic heterocycles. The maximum Gasteiger partial charge on any atom is 0.272 e. The fourth-order valence-corrected chi connectivity index (χ4v) is 2.68. The SMILES string of the molecule is Bc1cccc(/C=c2\[nH]c(=O)/c(=C/c3ncoc3C(C)(C)C)[nH]c2=O)c1. The quantitative estimate of drug-likeness (QED) is 0.597.